The molecule has 2 rings (SSSR count). The van der Waals surface area contributed by atoms with Crippen LogP contribution in [-0.2, 0) is 0 Å². The number of hydrogen-bond acceptors (Lipinski definition) is 3. The Morgan fingerprint density at radius 3 is 2.10 bits per heavy atom. The van der Waals surface area contributed by atoms with E-state index in [0.717, 1.165) is 5.69 Å². The first-order chi connectivity index (χ1) is 9.74. The van der Waals surface area contributed by atoms with Crippen molar-refractivity contribution in [2.45, 2.75) is 51.0 Å². The molecule has 1 N–H and O–H groups in total. The topological polar surface area (TPSA) is 30.5 Å². The number of halogens is 1. The first kappa shape index (κ1) is 15.3. The summed E-state index contributed by atoms with van der Waals surface area (Å²) in [5, 5.41) is 4.26. The summed E-state index contributed by atoms with van der Waals surface area (Å²) in [6.07, 6.45) is 9.08. The predicted molar refractivity (Wildman–Crippen MR) is 84.3 cm³/mol. The van der Waals surface area contributed by atoms with E-state index in [9.17, 15) is 0 Å². The zero-order chi connectivity index (χ0) is 14.4. The quantitative estimate of drug-likeness (QED) is 0.859. The van der Waals surface area contributed by atoms with Gasteiger partial charge in [-0.15, -0.1) is 0 Å². The summed E-state index contributed by atoms with van der Waals surface area (Å²) < 4.78 is 10.6. The second kappa shape index (κ2) is 7.63. The van der Waals surface area contributed by atoms with Crippen LogP contribution in [0.2, 0.25) is 5.02 Å². The van der Waals surface area contributed by atoms with Crippen molar-refractivity contribution in [3.8, 4) is 11.5 Å². The molecule has 1 fully saturated rings. The molecule has 1 aliphatic rings. The molecule has 0 radical (unpaired) electrons. The van der Waals surface area contributed by atoms with E-state index in [4.69, 9.17) is 21.1 Å². The number of ether oxygens (including phenoxy) is 2. The summed E-state index contributed by atoms with van der Waals surface area (Å²) in [6.45, 7) is 0. The maximum atomic E-state index is 6.33. The van der Waals surface area contributed by atoms with Crippen LogP contribution in [0, 0.1) is 0 Å². The van der Waals surface area contributed by atoms with Gasteiger partial charge >= 0.3 is 0 Å². The fourth-order valence-electron chi connectivity index (χ4n) is 2.79. The largest absolute Gasteiger partial charge is 0.493 e. The number of nitrogens with one attached hydrogen (secondary N) is 1. The lowest BCUT2D eigenvalue weighted by molar-refractivity contribution is 0.355. The van der Waals surface area contributed by atoms with Crippen molar-refractivity contribution < 1.29 is 9.47 Å². The van der Waals surface area contributed by atoms with Gasteiger partial charge in [0.05, 0.1) is 24.9 Å². The number of hydrogen-bond donors (Lipinski definition) is 1. The summed E-state index contributed by atoms with van der Waals surface area (Å²) in [7, 11) is 3.27. The minimum Gasteiger partial charge on any atom is -0.493 e. The lowest BCUT2D eigenvalue weighted by Gasteiger charge is -2.23. The minimum atomic E-state index is 0.505. The monoisotopic (exact) mass is 297 g/mol. The SMILES string of the molecule is COc1cc(Cl)c(NC2CCCCCCC2)cc1OC. The fourth-order valence-corrected chi connectivity index (χ4v) is 2.99. The highest BCUT2D eigenvalue weighted by Crippen LogP contribution is 2.37. The molecule has 1 aromatic carbocycles. The van der Waals surface area contributed by atoms with E-state index in [-0.39, 0.29) is 0 Å². The van der Waals surface area contributed by atoms with Gasteiger partial charge in [0.15, 0.2) is 11.5 Å². The Morgan fingerprint density at radius 2 is 1.50 bits per heavy atom. The number of methoxy groups -OCH3 is 2. The molecule has 20 heavy (non-hydrogen) atoms. The normalized spacial score (nSPS) is 17.1. The molecule has 0 amide bonds. The Labute approximate surface area is 126 Å². The van der Waals surface area contributed by atoms with Crippen molar-refractivity contribution in [1.82, 2.24) is 0 Å². The Morgan fingerprint density at radius 1 is 0.950 bits per heavy atom. The van der Waals surface area contributed by atoms with Gasteiger partial charge in [0.2, 0.25) is 0 Å². The molecular weight excluding hydrogens is 274 g/mol. The summed E-state index contributed by atoms with van der Waals surface area (Å²) in [6, 6.07) is 4.25. The number of rotatable bonds is 4. The minimum absolute atomic E-state index is 0.505. The fraction of sp³-hybridized carbons (Fsp3) is 0.625. The highest BCUT2D eigenvalue weighted by molar-refractivity contribution is 6.33. The summed E-state index contributed by atoms with van der Waals surface area (Å²) in [5.74, 6) is 1.38. The van der Waals surface area contributed by atoms with Gasteiger partial charge in [-0.25, -0.2) is 0 Å². The molecule has 3 nitrogen and oxygen atoms in total. The van der Waals surface area contributed by atoms with Gasteiger partial charge in [-0.05, 0) is 12.8 Å². The van der Waals surface area contributed by atoms with E-state index in [1.54, 1.807) is 14.2 Å². The third kappa shape index (κ3) is 3.95. The molecule has 0 heterocycles. The average molecular weight is 298 g/mol. The molecule has 112 valence electrons. The first-order valence-corrected chi connectivity index (χ1v) is 7.80. The van der Waals surface area contributed by atoms with Crippen molar-refractivity contribution in [2.24, 2.45) is 0 Å². The maximum absolute atomic E-state index is 6.33. The second-order valence-corrected chi connectivity index (χ2v) is 5.78. The van der Waals surface area contributed by atoms with Gasteiger partial charge in [0, 0.05) is 18.2 Å². The van der Waals surface area contributed by atoms with Crippen LogP contribution in [0.4, 0.5) is 5.69 Å². The molecule has 0 spiro atoms. The van der Waals surface area contributed by atoms with Gasteiger partial charge in [-0.2, -0.15) is 0 Å². The van der Waals surface area contributed by atoms with Crippen LogP contribution in [0.1, 0.15) is 44.9 Å². The van der Waals surface area contributed by atoms with E-state index < -0.39 is 0 Å². The first-order valence-electron chi connectivity index (χ1n) is 7.42. The van der Waals surface area contributed by atoms with E-state index in [1.165, 1.54) is 44.9 Å². The van der Waals surface area contributed by atoms with Crippen molar-refractivity contribution in [3.63, 3.8) is 0 Å². The van der Waals surface area contributed by atoms with Gasteiger partial charge in [0.25, 0.3) is 0 Å². The van der Waals surface area contributed by atoms with E-state index in [2.05, 4.69) is 5.32 Å². The molecule has 0 bridgehead atoms. The smallest absolute Gasteiger partial charge is 0.162 e. The lowest BCUT2D eigenvalue weighted by Crippen LogP contribution is -2.20. The van der Waals surface area contributed by atoms with E-state index in [0.29, 0.717) is 22.6 Å². The van der Waals surface area contributed by atoms with Crippen molar-refractivity contribution in [1.29, 1.82) is 0 Å². The van der Waals surface area contributed by atoms with Gasteiger partial charge in [0.1, 0.15) is 0 Å². The third-order valence-corrected chi connectivity index (χ3v) is 4.25. The van der Waals surface area contributed by atoms with E-state index >= 15 is 0 Å². The van der Waals surface area contributed by atoms with Crippen LogP contribution in [0.15, 0.2) is 12.1 Å². The summed E-state index contributed by atoms with van der Waals surface area (Å²) >= 11 is 6.33. The van der Waals surface area contributed by atoms with Gasteiger partial charge < -0.3 is 14.8 Å². The van der Waals surface area contributed by atoms with Gasteiger partial charge in [-0.1, -0.05) is 43.7 Å². The Kier molecular flexibility index (Phi) is 5.84. The molecule has 1 aromatic rings. The predicted octanol–water partition coefficient (Wildman–Crippen LogP) is 4.88. The molecule has 0 aromatic heterocycles. The Bertz CT molecular complexity index is 429. The molecule has 4 heteroatoms. The highest BCUT2D eigenvalue weighted by Gasteiger charge is 2.15. The maximum Gasteiger partial charge on any atom is 0.162 e. The Balaban J connectivity index is 2.10. The molecular formula is C16H24ClNO2. The summed E-state index contributed by atoms with van der Waals surface area (Å²) in [4.78, 5) is 0. The zero-order valence-corrected chi connectivity index (χ0v) is 13.1. The number of benzene rings is 1. The van der Waals surface area contributed by atoms with E-state index in [1.807, 2.05) is 12.1 Å². The standard InChI is InChI=1S/C16H24ClNO2/c1-19-15-10-13(17)14(11-16(15)20-2)18-12-8-6-4-3-5-7-9-12/h10-12,18H,3-9H2,1-2H3. The molecule has 0 aliphatic heterocycles. The van der Waals surface area contributed by atoms with Crippen molar-refractivity contribution in [3.05, 3.63) is 17.2 Å². The zero-order valence-electron chi connectivity index (χ0n) is 12.4. The molecule has 0 atom stereocenters. The second-order valence-electron chi connectivity index (χ2n) is 5.37. The highest BCUT2D eigenvalue weighted by atomic mass is 35.5. The third-order valence-electron chi connectivity index (χ3n) is 3.94. The van der Waals surface area contributed by atoms with Crippen LogP contribution in [0.3, 0.4) is 0 Å². The van der Waals surface area contributed by atoms with Crippen molar-refractivity contribution >= 4 is 17.3 Å². The van der Waals surface area contributed by atoms with Gasteiger partial charge in [-0.3, -0.25) is 0 Å². The van der Waals surface area contributed by atoms with Crippen LogP contribution in [0.5, 0.6) is 11.5 Å². The molecule has 0 unspecified atom stereocenters. The molecule has 1 saturated carbocycles. The van der Waals surface area contributed by atoms with Crippen LogP contribution in [-0.4, -0.2) is 20.3 Å². The van der Waals surface area contributed by atoms with Crippen LogP contribution in [0.25, 0.3) is 0 Å². The van der Waals surface area contributed by atoms with Crippen molar-refractivity contribution in [2.75, 3.05) is 19.5 Å². The lowest BCUT2D eigenvalue weighted by atomic mass is 9.96. The molecule has 0 saturated heterocycles. The number of anilines is 1. The molecule has 1 aliphatic carbocycles. The average Bonchev–Trinajstić information content (AvgIpc) is 2.43. The van der Waals surface area contributed by atoms with Crippen LogP contribution < -0.4 is 14.8 Å². The van der Waals surface area contributed by atoms with Crippen LogP contribution >= 0.6 is 11.6 Å². The summed E-state index contributed by atoms with van der Waals surface area (Å²) in [5.41, 5.74) is 0.940. The Hall–Kier alpha value is -1.09.